The number of carbonyl (C=O) groups is 1. The molecule has 6 nitrogen and oxygen atoms in total. The second kappa shape index (κ2) is 8.37. The largest absolute Gasteiger partial charge is 0.496 e. The van der Waals surface area contributed by atoms with E-state index >= 15 is 0 Å². The van der Waals surface area contributed by atoms with Crippen LogP contribution in [-0.4, -0.2) is 22.7 Å². The van der Waals surface area contributed by atoms with Gasteiger partial charge in [0, 0.05) is 0 Å². The van der Waals surface area contributed by atoms with Gasteiger partial charge in [-0.25, -0.2) is 4.41 Å². The van der Waals surface area contributed by atoms with Gasteiger partial charge in [-0.2, -0.15) is 0 Å². The number of carbonyl (C=O) groups excluding carboxylic acids is 1. The van der Waals surface area contributed by atoms with Crippen LogP contribution in [0.1, 0.15) is 19.4 Å². The Morgan fingerprint density at radius 3 is 2.56 bits per heavy atom. The number of hydrogen-bond acceptors (Lipinski definition) is 7. The van der Waals surface area contributed by atoms with E-state index < -0.39 is 0 Å². The second-order valence-electron chi connectivity index (χ2n) is 6.17. The van der Waals surface area contributed by atoms with Crippen molar-refractivity contribution >= 4 is 23.6 Å². The van der Waals surface area contributed by atoms with E-state index in [0.29, 0.717) is 5.75 Å². The second-order valence-corrected chi connectivity index (χ2v) is 7.48. The average molecular weight is 385 g/mol. The van der Waals surface area contributed by atoms with Crippen LogP contribution in [0.3, 0.4) is 0 Å². The summed E-state index contributed by atoms with van der Waals surface area (Å²) in [7, 11) is 1.66. The Balaban J connectivity index is 1.61. The van der Waals surface area contributed by atoms with Gasteiger partial charge in [0.2, 0.25) is 0 Å². The number of hydrogen-bond donors (Lipinski definition) is 1. The lowest BCUT2D eigenvalue weighted by Gasteiger charge is -2.25. The Labute approximate surface area is 163 Å². The summed E-state index contributed by atoms with van der Waals surface area (Å²) in [5, 5.41) is 1.58. The number of allylic oxidation sites excluding steroid dienone is 1. The van der Waals surface area contributed by atoms with Crippen molar-refractivity contribution in [1.29, 1.82) is 0 Å². The molecule has 1 unspecified atom stereocenters. The predicted octanol–water partition coefficient (Wildman–Crippen LogP) is 4.05. The molecule has 1 aliphatic rings. The number of nitrogens with one attached hydrogen (secondary N) is 1. The first-order chi connectivity index (χ1) is 13.0. The zero-order chi connectivity index (χ0) is 19.4. The summed E-state index contributed by atoms with van der Waals surface area (Å²) in [6.07, 6.45) is 1.94. The number of para-hydroxylation sites is 1. The molecule has 0 aliphatic carbocycles. The number of methoxy groups -OCH3 is 1. The molecule has 0 amide bonds. The summed E-state index contributed by atoms with van der Waals surface area (Å²) in [6.45, 7) is 5.83. The topological polar surface area (TPSA) is 54.0 Å². The van der Waals surface area contributed by atoms with Crippen LogP contribution in [0, 0.1) is 6.92 Å². The SMILES string of the molecule is COc1ccc(N2NN(SC(C)C(=O)Oc3ccccc3)C=C2C)cc1C. The normalized spacial score (nSPS) is 14.7. The maximum Gasteiger partial charge on any atom is 0.326 e. The van der Waals surface area contributed by atoms with Crippen molar-refractivity contribution in [2.45, 2.75) is 26.0 Å². The number of esters is 1. The molecule has 27 heavy (non-hydrogen) atoms. The number of anilines is 1. The van der Waals surface area contributed by atoms with Crippen molar-refractivity contribution in [1.82, 2.24) is 9.95 Å². The van der Waals surface area contributed by atoms with Crippen LogP contribution in [0.5, 0.6) is 11.5 Å². The highest BCUT2D eigenvalue weighted by atomic mass is 32.2. The molecule has 1 heterocycles. The van der Waals surface area contributed by atoms with Gasteiger partial charge in [0.25, 0.3) is 0 Å². The summed E-state index contributed by atoms with van der Waals surface area (Å²) in [5.41, 5.74) is 6.31. The van der Waals surface area contributed by atoms with Gasteiger partial charge >= 0.3 is 5.97 Å². The molecule has 0 saturated heterocycles. The van der Waals surface area contributed by atoms with Crippen molar-refractivity contribution < 1.29 is 14.3 Å². The summed E-state index contributed by atoms with van der Waals surface area (Å²) >= 11 is 1.35. The first-order valence-electron chi connectivity index (χ1n) is 8.60. The van der Waals surface area contributed by atoms with Crippen LogP contribution in [-0.2, 0) is 4.79 Å². The molecule has 0 radical (unpaired) electrons. The van der Waals surface area contributed by atoms with Gasteiger partial charge in [-0.3, -0.25) is 9.80 Å². The van der Waals surface area contributed by atoms with Crippen molar-refractivity contribution in [2.24, 2.45) is 0 Å². The zero-order valence-corrected chi connectivity index (χ0v) is 16.6. The molecule has 0 bridgehead atoms. The minimum Gasteiger partial charge on any atom is -0.496 e. The third-order valence-corrected chi connectivity index (χ3v) is 4.98. The summed E-state index contributed by atoms with van der Waals surface area (Å²) in [4.78, 5) is 12.3. The van der Waals surface area contributed by atoms with Crippen LogP contribution in [0.15, 0.2) is 60.4 Å². The van der Waals surface area contributed by atoms with Crippen molar-refractivity contribution in [3.63, 3.8) is 0 Å². The van der Waals surface area contributed by atoms with E-state index in [9.17, 15) is 4.79 Å². The lowest BCUT2D eigenvalue weighted by molar-refractivity contribution is -0.133. The molecule has 2 aromatic carbocycles. The summed E-state index contributed by atoms with van der Waals surface area (Å²) in [6, 6.07) is 15.1. The molecule has 0 spiro atoms. The molecule has 1 N–H and O–H groups in total. The van der Waals surface area contributed by atoms with Crippen molar-refractivity contribution in [3.8, 4) is 11.5 Å². The van der Waals surface area contributed by atoms with Gasteiger partial charge < -0.3 is 9.47 Å². The molecule has 0 aromatic heterocycles. The minimum atomic E-state index is -0.376. The van der Waals surface area contributed by atoms with E-state index in [-0.39, 0.29) is 11.2 Å². The molecular formula is C20H23N3O3S. The molecule has 2 aromatic rings. The van der Waals surface area contributed by atoms with Crippen LogP contribution in [0.4, 0.5) is 5.69 Å². The smallest absolute Gasteiger partial charge is 0.326 e. The number of nitrogens with zero attached hydrogens (tertiary/aromatic N) is 2. The minimum absolute atomic E-state index is 0.294. The van der Waals surface area contributed by atoms with Gasteiger partial charge in [0.1, 0.15) is 16.7 Å². The number of benzene rings is 2. The number of ether oxygens (including phenoxy) is 2. The van der Waals surface area contributed by atoms with E-state index in [1.54, 1.807) is 19.2 Å². The number of aryl methyl sites for hydroxylation is 1. The van der Waals surface area contributed by atoms with Crippen LogP contribution >= 0.6 is 11.9 Å². The molecule has 0 fully saturated rings. The Kier molecular flexibility index (Phi) is 5.93. The van der Waals surface area contributed by atoms with Gasteiger partial charge in [-0.15, -0.1) is 5.53 Å². The Hall–Kier alpha value is -2.64. The first kappa shape index (κ1) is 19.1. The van der Waals surface area contributed by atoms with E-state index in [1.807, 2.05) is 72.8 Å². The molecule has 7 heteroatoms. The Morgan fingerprint density at radius 2 is 1.89 bits per heavy atom. The lowest BCUT2D eigenvalue weighted by atomic mass is 10.2. The van der Waals surface area contributed by atoms with Gasteiger partial charge in [0.15, 0.2) is 0 Å². The highest BCUT2D eigenvalue weighted by Gasteiger charge is 2.25. The fourth-order valence-corrected chi connectivity index (χ4v) is 3.47. The monoisotopic (exact) mass is 385 g/mol. The molecule has 1 aliphatic heterocycles. The third-order valence-electron chi connectivity index (χ3n) is 4.06. The maximum absolute atomic E-state index is 12.3. The van der Waals surface area contributed by atoms with Crippen LogP contribution < -0.4 is 20.0 Å². The highest BCUT2D eigenvalue weighted by Crippen LogP contribution is 2.30. The van der Waals surface area contributed by atoms with Crippen molar-refractivity contribution in [3.05, 3.63) is 66.0 Å². The lowest BCUT2D eigenvalue weighted by Crippen LogP contribution is -2.38. The van der Waals surface area contributed by atoms with Gasteiger partial charge in [-0.05, 0) is 68.6 Å². The maximum atomic E-state index is 12.3. The molecule has 142 valence electrons. The number of hydrazine groups is 2. The fourth-order valence-electron chi connectivity index (χ4n) is 2.65. The summed E-state index contributed by atoms with van der Waals surface area (Å²) in [5.74, 6) is 1.10. The molecule has 3 rings (SSSR count). The number of rotatable bonds is 6. The molecule has 0 saturated carbocycles. The van der Waals surface area contributed by atoms with Gasteiger partial charge in [-0.1, -0.05) is 18.2 Å². The molecule has 1 atom stereocenters. The van der Waals surface area contributed by atoms with Gasteiger partial charge in [0.05, 0.1) is 24.7 Å². The fraction of sp³-hybridized carbons (Fsp3) is 0.250. The van der Waals surface area contributed by atoms with E-state index in [1.165, 1.54) is 11.9 Å². The first-order valence-corrected chi connectivity index (χ1v) is 9.44. The van der Waals surface area contributed by atoms with Crippen molar-refractivity contribution in [2.75, 3.05) is 12.1 Å². The van der Waals surface area contributed by atoms with E-state index in [4.69, 9.17) is 9.47 Å². The van der Waals surface area contributed by atoms with E-state index in [0.717, 1.165) is 22.7 Å². The van der Waals surface area contributed by atoms with Crippen LogP contribution in [0.2, 0.25) is 0 Å². The third kappa shape index (κ3) is 4.56. The quantitative estimate of drug-likeness (QED) is 0.457. The predicted molar refractivity (Wildman–Crippen MR) is 108 cm³/mol. The summed E-state index contributed by atoms with van der Waals surface area (Å²) < 4.78 is 12.5. The standard InChI is InChI=1S/C20H23N3O3S/c1-14-12-17(10-11-19(14)25-4)23-15(2)13-22(21-23)27-16(3)20(24)26-18-8-6-5-7-9-18/h5-13,16,21H,1-4H3. The Bertz CT molecular complexity index is 842. The molecular weight excluding hydrogens is 362 g/mol. The Morgan fingerprint density at radius 1 is 1.15 bits per heavy atom. The zero-order valence-electron chi connectivity index (χ0n) is 15.8. The van der Waals surface area contributed by atoms with E-state index in [2.05, 4.69) is 5.53 Å². The highest BCUT2D eigenvalue weighted by molar-refractivity contribution is 7.98. The van der Waals surface area contributed by atoms with Crippen LogP contribution in [0.25, 0.3) is 0 Å². The average Bonchev–Trinajstić information content (AvgIpc) is 3.02.